The molecule has 2 aromatic rings. The van der Waals surface area contributed by atoms with E-state index in [0.29, 0.717) is 12.1 Å². The van der Waals surface area contributed by atoms with Crippen molar-refractivity contribution in [3.63, 3.8) is 0 Å². The molecule has 5 heteroatoms. The summed E-state index contributed by atoms with van der Waals surface area (Å²) < 4.78 is 0. The fraction of sp³-hybridized carbons (Fsp3) is 0.467. The lowest BCUT2D eigenvalue weighted by atomic mass is 10.1. The van der Waals surface area contributed by atoms with E-state index in [-0.39, 0.29) is 0 Å². The van der Waals surface area contributed by atoms with E-state index >= 15 is 0 Å². The van der Waals surface area contributed by atoms with Gasteiger partial charge in [-0.25, -0.2) is 0 Å². The summed E-state index contributed by atoms with van der Waals surface area (Å²) in [6.07, 6.45) is 1.98. The topological polar surface area (TPSA) is 37.2 Å². The predicted octanol–water partition coefficient (Wildman–Crippen LogP) is 1.65. The normalized spacial score (nSPS) is 24.2. The van der Waals surface area contributed by atoms with Crippen LogP contribution in [-0.4, -0.2) is 51.7 Å². The van der Waals surface area contributed by atoms with E-state index in [1.165, 1.54) is 0 Å². The zero-order chi connectivity index (χ0) is 14.1. The average molecular weight is 271 g/mol. The van der Waals surface area contributed by atoms with Crippen LogP contribution in [0.25, 0.3) is 11.0 Å². The molecule has 0 unspecified atom stereocenters. The largest absolute Gasteiger partial charge is 0.293 e. The molecule has 1 aromatic carbocycles. The molecule has 0 N–H and O–H groups in total. The lowest BCUT2D eigenvalue weighted by Gasteiger charge is -2.44. The van der Waals surface area contributed by atoms with Gasteiger partial charge in [0.1, 0.15) is 11.0 Å². The Morgan fingerprint density at radius 2 is 2.05 bits per heavy atom. The number of piperazine rings is 1. The predicted molar refractivity (Wildman–Crippen MR) is 81.3 cm³/mol. The molecule has 106 valence electrons. The summed E-state index contributed by atoms with van der Waals surface area (Å²) in [6.45, 7) is 11.2. The molecule has 3 rings (SSSR count). The minimum absolute atomic E-state index is 0.399. The number of fused-ring (bicyclic) bond motifs is 1. The van der Waals surface area contributed by atoms with Crippen molar-refractivity contribution < 1.29 is 0 Å². The number of para-hydroxylation sites is 1. The molecule has 5 nitrogen and oxygen atoms in total. The van der Waals surface area contributed by atoms with Crippen LogP contribution in [-0.2, 0) is 0 Å². The Kier molecular flexibility index (Phi) is 3.44. The van der Waals surface area contributed by atoms with Crippen molar-refractivity contribution in [2.24, 2.45) is 0 Å². The van der Waals surface area contributed by atoms with Gasteiger partial charge in [-0.3, -0.25) is 9.91 Å². The number of rotatable bonds is 3. The Hall–Kier alpha value is -1.88. The van der Waals surface area contributed by atoms with E-state index in [9.17, 15) is 0 Å². The van der Waals surface area contributed by atoms with E-state index in [1.54, 1.807) is 0 Å². The van der Waals surface area contributed by atoms with E-state index < -0.39 is 0 Å². The lowest BCUT2D eigenvalue weighted by molar-refractivity contribution is 0.161. The van der Waals surface area contributed by atoms with Gasteiger partial charge in [0.2, 0.25) is 0 Å². The number of hydrogen-bond donors (Lipinski definition) is 0. The lowest BCUT2D eigenvalue weighted by Crippen LogP contribution is -2.60. The van der Waals surface area contributed by atoms with Gasteiger partial charge in [0.05, 0.1) is 12.6 Å². The van der Waals surface area contributed by atoms with Gasteiger partial charge in [-0.2, -0.15) is 4.79 Å². The highest BCUT2D eigenvalue weighted by Crippen LogP contribution is 2.17. The first kappa shape index (κ1) is 13.1. The van der Waals surface area contributed by atoms with Crippen LogP contribution in [0.2, 0.25) is 0 Å². The molecule has 2 heterocycles. The van der Waals surface area contributed by atoms with Gasteiger partial charge < -0.3 is 0 Å². The first-order valence-corrected chi connectivity index (χ1v) is 7.13. The summed E-state index contributed by atoms with van der Waals surface area (Å²) in [4.78, 5) is 4.41. The number of benzene rings is 1. The molecule has 1 fully saturated rings. The van der Waals surface area contributed by atoms with E-state index in [2.05, 4.69) is 46.7 Å². The Labute approximate surface area is 119 Å². The molecule has 0 spiro atoms. The van der Waals surface area contributed by atoms with Crippen LogP contribution in [0, 0.1) is 0 Å². The van der Waals surface area contributed by atoms with Crippen LogP contribution in [0.5, 0.6) is 0 Å². The van der Waals surface area contributed by atoms with Gasteiger partial charge in [0.25, 0.3) is 0 Å². The molecular weight excluding hydrogens is 250 g/mol. The van der Waals surface area contributed by atoms with Gasteiger partial charge in [0.15, 0.2) is 0 Å². The second-order valence-electron chi connectivity index (χ2n) is 5.53. The molecule has 1 aliphatic heterocycles. The first-order chi connectivity index (χ1) is 9.70. The molecule has 0 bridgehead atoms. The fourth-order valence-corrected chi connectivity index (χ4v) is 2.91. The molecular formula is C15H21N5. The summed E-state index contributed by atoms with van der Waals surface area (Å²) >= 11 is 0. The maximum atomic E-state index is 4.33. The standard InChI is InChI=1S/C15H21N5/c1-4-9-18-10-13(3)19(11-12(18)2)20-15-8-6-5-7-14(15)16-17-20/h4-8,12-13H,1,9-11H2,2-3H3/t12-,13+/m1/s1. The molecule has 0 saturated carbocycles. The van der Waals surface area contributed by atoms with Gasteiger partial charge >= 0.3 is 0 Å². The van der Waals surface area contributed by atoms with Gasteiger partial charge in [0, 0.05) is 19.1 Å². The maximum absolute atomic E-state index is 4.33. The molecule has 0 radical (unpaired) electrons. The van der Waals surface area contributed by atoms with Crippen molar-refractivity contribution in [2.75, 3.05) is 24.6 Å². The summed E-state index contributed by atoms with van der Waals surface area (Å²) in [5.41, 5.74) is 2.02. The van der Waals surface area contributed by atoms with E-state index in [1.807, 2.05) is 29.1 Å². The van der Waals surface area contributed by atoms with Gasteiger partial charge in [-0.05, 0) is 31.2 Å². The van der Waals surface area contributed by atoms with Crippen LogP contribution in [0.1, 0.15) is 13.8 Å². The van der Waals surface area contributed by atoms with Crippen LogP contribution in [0.3, 0.4) is 0 Å². The Morgan fingerprint density at radius 1 is 1.25 bits per heavy atom. The minimum Gasteiger partial charge on any atom is -0.293 e. The highest BCUT2D eigenvalue weighted by atomic mass is 15.7. The van der Waals surface area contributed by atoms with Crippen LogP contribution >= 0.6 is 0 Å². The summed E-state index contributed by atoms with van der Waals surface area (Å²) in [6, 6.07) is 8.98. The quantitative estimate of drug-likeness (QED) is 0.796. The van der Waals surface area contributed by atoms with Crippen molar-refractivity contribution >= 4 is 11.0 Å². The van der Waals surface area contributed by atoms with Crippen molar-refractivity contribution in [1.29, 1.82) is 0 Å². The molecule has 2 atom stereocenters. The summed E-state index contributed by atoms with van der Waals surface area (Å²) in [7, 11) is 0. The molecule has 1 aromatic heterocycles. The summed E-state index contributed by atoms with van der Waals surface area (Å²) in [5, 5.41) is 10.9. The van der Waals surface area contributed by atoms with Crippen LogP contribution < -0.4 is 5.01 Å². The van der Waals surface area contributed by atoms with Crippen LogP contribution in [0.4, 0.5) is 0 Å². The zero-order valence-electron chi connectivity index (χ0n) is 12.1. The zero-order valence-corrected chi connectivity index (χ0v) is 12.1. The summed E-state index contributed by atoms with van der Waals surface area (Å²) in [5.74, 6) is 0. The van der Waals surface area contributed by atoms with Crippen molar-refractivity contribution in [3.05, 3.63) is 36.9 Å². The Morgan fingerprint density at radius 3 is 2.85 bits per heavy atom. The van der Waals surface area contributed by atoms with Gasteiger partial charge in [-0.15, -0.1) is 11.7 Å². The third kappa shape index (κ3) is 2.18. The first-order valence-electron chi connectivity index (χ1n) is 7.13. The number of nitrogens with zero attached hydrogens (tertiary/aromatic N) is 5. The molecule has 1 saturated heterocycles. The highest BCUT2D eigenvalue weighted by Gasteiger charge is 2.29. The number of hydrogen-bond acceptors (Lipinski definition) is 4. The molecule has 1 aliphatic rings. The van der Waals surface area contributed by atoms with Crippen molar-refractivity contribution in [3.8, 4) is 0 Å². The maximum Gasteiger partial charge on any atom is 0.115 e. The SMILES string of the molecule is C=CCN1C[C@H](C)N(n2nnc3ccccc32)C[C@H]1C. The smallest absolute Gasteiger partial charge is 0.115 e. The van der Waals surface area contributed by atoms with Crippen molar-refractivity contribution in [2.45, 2.75) is 25.9 Å². The molecule has 0 aliphatic carbocycles. The second-order valence-corrected chi connectivity index (χ2v) is 5.53. The second kappa shape index (κ2) is 5.25. The van der Waals surface area contributed by atoms with Gasteiger partial charge in [-0.1, -0.05) is 18.2 Å². The monoisotopic (exact) mass is 271 g/mol. The highest BCUT2D eigenvalue weighted by molar-refractivity contribution is 5.74. The van der Waals surface area contributed by atoms with E-state index in [0.717, 1.165) is 30.7 Å². The number of aromatic nitrogens is 3. The van der Waals surface area contributed by atoms with E-state index in [4.69, 9.17) is 0 Å². The third-order valence-electron chi connectivity index (χ3n) is 4.02. The van der Waals surface area contributed by atoms with Crippen molar-refractivity contribution in [1.82, 2.24) is 20.0 Å². The average Bonchev–Trinajstić information content (AvgIpc) is 2.87. The fourth-order valence-electron chi connectivity index (χ4n) is 2.91. The van der Waals surface area contributed by atoms with Crippen LogP contribution in [0.15, 0.2) is 36.9 Å². The Balaban J connectivity index is 1.89. The molecule has 0 amide bonds. The molecule has 20 heavy (non-hydrogen) atoms. The Bertz CT molecular complexity index is 605. The third-order valence-corrected chi connectivity index (χ3v) is 4.02. The minimum atomic E-state index is 0.399.